The highest BCUT2D eigenvalue weighted by molar-refractivity contribution is 6.12. The minimum Gasteiger partial charge on any atom is -0.508 e. The highest BCUT2D eigenvalue weighted by atomic mass is 16.3. The van der Waals surface area contributed by atoms with E-state index in [2.05, 4.69) is 17.6 Å². The lowest BCUT2D eigenvalue weighted by Gasteiger charge is -2.08. The molecule has 0 bridgehead atoms. The van der Waals surface area contributed by atoms with Gasteiger partial charge in [-0.1, -0.05) is 12.1 Å². The standard InChI is InChI=1S/C22H22N2O/c1-13-7-6-8-18-21(13)17-9-10-19(25)16(4)22(17)24(18)20-11-14(2)15(3)12-23(20)5/h6-12H,1-5H3/p+1/i2D3. The molecule has 0 aliphatic carbocycles. The van der Waals surface area contributed by atoms with Gasteiger partial charge in [-0.3, -0.25) is 0 Å². The van der Waals surface area contributed by atoms with Crippen LogP contribution in [0.15, 0.2) is 42.6 Å². The van der Waals surface area contributed by atoms with Crippen molar-refractivity contribution in [3.05, 3.63) is 64.8 Å². The van der Waals surface area contributed by atoms with E-state index < -0.39 is 6.85 Å². The molecule has 4 rings (SSSR count). The molecular weight excluding hydrogens is 308 g/mol. The maximum Gasteiger partial charge on any atom is 0.286 e. The molecule has 0 saturated carbocycles. The van der Waals surface area contributed by atoms with Gasteiger partial charge >= 0.3 is 0 Å². The average molecular weight is 334 g/mol. The van der Waals surface area contributed by atoms with Crippen molar-refractivity contribution >= 4 is 21.8 Å². The number of rotatable bonds is 1. The number of pyridine rings is 1. The van der Waals surface area contributed by atoms with Crippen LogP contribution in [0.3, 0.4) is 0 Å². The molecule has 126 valence electrons. The zero-order chi connectivity index (χ0) is 20.4. The predicted molar refractivity (Wildman–Crippen MR) is 103 cm³/mol. The van der Waals surface area contributed by atoms with E-state index in [4.69, 9.17) is 4.11 Å². The van der Waals surface area contributed by atoms with Crippen molar-refractivity contribution < 1.29 is 13.8 Å². The van der Waals surface area contributed by atoms with Gasteiger partial charge in [0.15, 0.2) is 0 Å². The molecule has 0 aliphatic heterocycles. The molecule has 2 heterocycles. The summed E-state index contributed by atoms with van der Waals surface area (Å²) in [6.45, 7) is 3.58. The molecule has 1 N–H and O–H groups in total. The number of fused-ring (bicyclic) bond motifs is 3. The van der Waals surface area contributed by atoms with Gasteiger partial charge in [0.1, 0.15) is 16.8 Å². The number of phenols is 1. The third-order valence-electron chi connectivity index (χ3n) is 5.06. The Balaban J connectivity index is 2.24. The third-order valence-corrected chi connectivity index (χ3v) is 5.06. The van der Waals surface area contributed by atoms with Crippen LogP contribution in [0.4, 0.5) is 0 Å². The van der Waals surface area contributed by atoms with Crippen LogP contribution in [-0.2, 0) is 7.05 Å². The molecular formula is C22H23N2O+. The first-order chi connectivity index (χ1) is 13.1. The zero-order valence-electron chi connectivity index (χ0n) is 17.9. The van der Waals surface area contributed by atoms with Crippen LogP contribution in [-0.4, -0.2) is 9.67 Å². The molecule has 0 aliphatic rings. The number of aromatic hydroxyl groups is 1. The van der Waals surface area contributed by atoms with E-state index >= 15 is 0 Å². The van der Waals surface area contributed by atoms with E-state index in [1.54, 1.807) is 12.1 Å². The second-order valence-corrected chi connectivity index (χ2v) is 6.75. The van der Waals surface area contributed by atoms with Crippen LogP contribution < -0.4 is 4.57 Å². The maximum atomic E-state index is 10.4. The van der Waals surface area contributed by atoms with E-state index in [-0.39, 0.29) is 5.75 Å². The van der Waals surface area contributed by atoms with Gasteiger partial charge in [0.2, 0.25) is 0 Å². The van der Waals surface area contributed by atoms with Crippen molar-refractivity contribution in [1.82, 2.24) is 4.57 Å². The van der Waals surface area contributed by atoms with Gasteiger partial charge in [-0.25, -0.2) is 4.57 Å². The maximum absolute atomic E-state index is 10.4. The number of hydrogen-bond donors (Lipinski definition) is 1. The molecule has 0 spiro atoms. The van der Waals surface area contributed by atoms with Gasteiger partial charge in [-0.05, 0) is 62.5 Å². The van der Waals surface area contributed by atoms with Crippen LogP contribution in [0.5, 0.6) is 5.75 Å². The van der Waals surface area contributed by atoms with E-state index in [1.165, 1.54) is 0 Å². The van der Waals surface area contributed by atoms with Gasteiger partial charge in [0.25, 0.3) is 5.82 Å². The Morgan fingerprint density at radius 3 is 2.60 bits per heavy atom. The Morgan fingerprint density at radius 1 is 1.04 bits per heavy atom. The summed E-state index contributed by atoms with van der Waals surface area (Å²) in [5, 5.41) is 12.5. The monoisotopic (exact) mass is 334 g/mol. The summed E-state index contributed by atoms with van der Waals surface area (Å²) in [5.74, 6) is 0.969. The van der Waals surface area contributed by atoms with E-state index in [0.29, 0.717) is 5.56 Å². The van der Waals surface area contributed by atoms with Crippen LogP contribution in [0.1, 0.15) is 26.4 Å². The second kappa shape index (κ2) is 5.35. The fourth-order valence-electron chi connectivity index (χ4n) is 3.72. The number of hydrogen-bond acceptors (Lipinski definition) is 1. The van der Waals surface area contributed by atoms with Crippen molar-refractivity contribution in [3.63, 3.8) is 0 Å². The molecule has 0 radical (unpaired) electrons. The first-order valence-corrected chi connectivity index (χ1v) is 8.34. The van der Waals surface area contributed by atoms with E-state index in [0.717, 1.165) is 44.3 Å². The summed E-state index contributed by atoms with van der Waals surface area (Å²) in [6, 6.07) is 11.5. The van der Waals surface area contributed by atoms with Crippen molar-refractivity contribution in [2.45, 2.75) is 27.6 Å². The lowest BCUT2D eigenvalue weighted by atomic mass is 10.1. The van der Waals surface area contributed by atoms with Gasteiger partial charge in [0, 0.05) is 26.5 Å². The minimum atomic E-state index is -2.20. The van der Waals surface area contributed by atoms with Gasteiger partial charge < -0.3 is 5.11 Å². The van der Waals surface area contributed by atoms with Gasteiger partial charge in [-0.15, -0.1) is 0 Å². The number of benzene rings is 2. The number of aryl methyl sites for hydroxylation is 5. The van der Waals surface area contributed by atoms with Crippen molar-refractivity contribution in [1.29, 1.82) is 0 Å². The summed E-state index contributed by atoms with van der Waals surface area (Å²) in [5.41, 5.74) is 4.84. The highest BCUT2D eigenvalue weighted by Crippen LogP contribution is 2.37. The van der Waals surface area contributed by atoms with Crippen LogP contribution >= 0.6 is 0 Å². The number of phenolic OH excluding ortho intramolecular Hbond substituents is 1. The summed E-state index contributed by atoms with van der Waals surface area (Å²) in [7, 11) is 1.91. The molecule has 0 atom stereocenters. The summed E-state index contributed by atoms with van der Waals surface area (Å²) in [4.78, 5) is 0. The molecule has 25 heavy (non-hydrogen) atoms. The largest absolute Gasteiger partial charge is 0.508 e. The zero-order valence-corrected chi connectivity index (χ0v) is 14.9. The molecule has 3 nitrogen and oxygen atoms in total. The van der Waals surface area contributed by atoms with Gasteiger partial charge in [0.05, 0.1) is 13.2 Å². The highest BCUT2D eigenvalue weighted by Gasteiger charge is 2.24. The summed E-state index contributed by atoms with van der Waals surface area (Å²) < 4.78 is 27.7. The van der Waals surface area contributed by atoms with Gasteiger partial charge in [-0.2, -0.15) is 4.57 Å². The van der Waals surface area contributed by atoms with E-state index in [1.807, 2.05) is 49.9 Å². The lowest BCUT2D eigenvalue weighted by Crippen LogP contribution is -2.34. The summed E-state index contributed by atoms with van der Waals surface area (Å²) in [6.07, 6.45) is 1.85. The first kappa shape index (κ1) is 12.5. The second-order valence-electron chi connectivity index (χ2n) is 6.75. The topological polar surface area (TPSA) is 29.0 Å². The first-order valence-electron chi connectivity index (χ1n) is 9.84. The minimum absolute atomic E-state index is 0.222. The van der Waals surface area contributed by atoms with Crippen molar-refractivity contribution in [2.75, 3.05) is 0 Å². The molecule has 3 heteroatoms. The summed E-state index contributed by atoms with van der Waals surface area (Å²) >= 11 is 0. The number of nitrogens with zero attached hydrogens (tertiary/aromatic N) is 2. The van der Waals surface area contributed by atoms with Crippen molar-refractivity contribution in [3.8, 4) is 11.6 Å². The van der Waals surface area contributed by atoms with Crippen LogP contribution in [0.2, 0.25) is 0 Å². The third kappa shape index (κ3) is 2.15. The predicted octanol–water partition coefficient (Wildman–Crippen LogP) is 4.55. The van der Waals surface area contributed by atoms with Crippen LogP contribution in [0, 0.1) is 27.6 Å². The Kier molecular flexibility index (Phi) is 2.68. The molecule has 0 saturated heterocycles. The SMILES string of the molecule is [2H]C([2H])([2H])c1cc(-n2c3cccc(C)c3c3ccc(O)c(C)c32)[n+](C)cc1C. The van der Waals surface area contributed by atoms with E-state index in [9.17, 15) is 5.11 Å². The van der Waals surface area contributed by atoms with Crippen molar-refractivity contribution in [2.24, 2.45) is 7.05 Å². The molecule has 0 unspecified atom stereocenters. The normalized spacial score (nSPS) is 13.8. The Labute approximate surface area is 152 Å². The molecule has 4 aromatic rings. The fraction of sp³-hybridized carbons (Fsp3) is 0.227. The average Bonchev–Trinajstić information content (AvgIpc) is 2.93. The van der Waals surface area contributed by atoms with Crippen LogP contribution in [0.25, 0.3) is 27.6 Å². The number of aromatic nitrogens is 2. The molecule has 2 aromatic carbocycles. The Morgan fingerprint density at radius 2 is 1.84 bits per heavy atom. The Hall–Kier alpha value is -2.81. The Bertz CT molecular complexity index is 1250. The smallest absolute Gasteiger partial charge is 0.286 e. The lowest BCUT2D eigenvalue weighted by molar-refractivity contribution is -0.665. The molecule has 2 aromatic heterocycles. The quantitative estimate of drug-likeness (QED) is 0.508. The molecule has 0 fully saturated rings. The molecule has 0 amide bonds. The fourth-order valence-corrected chi connectivity index (χ4v) is 3.72.